The van der Waals surface area contributed by atoms with E-state index in [0.29, 0.717) is 28.6 Å². The lowest BCUT2D eigenvalue weighted by Gasteiger charge is -2.15. The van der Waals surface area contributed by atoms with Gasteiger partial charge >= 0.3 is 0 Å². The van der Waals surface area contributed by atoms with Crippen LogP contribution in [0.2, 0.25) is 5.02 Å². The van der Waals surface area contributed by atoms with E-state index in [9.17, 15) is 4.39 Å². The molecule has 0 bridgehead atoms. The standard InChI is InChI=1S/C21H26BrClFNO3/c1-14(2)27-9-5-8-25-12-15-10-20(26-3)21(11-17(15)22)28-13-16-18(23)6-4-7-19(16)24/h4,6-7,10-11,14,25H,5,8-9,12-13H2,1-3H3. The summed E-state index contributed by atoms with van der Waals surface area (Å²) >= 11 is 9.63. The summed E-state index contributed by atoms with van der Waals surface area (Å²) in [5.41, 5.74) is 1.36. The Hall–Kier alpha value is -1.34. The molecule has 0 heterocycles. The summed E-state index contributed by atoms with van der Waals surface area (Å²) < 4.78 is 31.6. The number of hydrogen-bond donors (Lipinski definition) is 1. The molecule has 28 heavy (non-hydrogen) atoms. The zero-order valence-corrected chi connectivity index (χ0v) is 18.7. The highest BCUT2D eigenvalue weighted by molar-refractivity contribution is 9.10. The summed E-state index contributed by atoms with van der Waals surface area (Å²) in [5, 5.41) is 3.72. The topological polar surface area (TPSA) is 39.7 Å². The Labute approximate surface area is 179 Å². The van der Waals surface area contributed by atoms with Crippen LogP contribution < -0.4 is 14.8 Å². The van der Waals surface area contributed by atoms with Gasteiger partial charge in [-0.15, -0.1) is 0 Å². The number of ether oxygens (including phenoxy) is 3. The lowest BCUT2D eigenvalue weighted by molar-refractivity contribution is 0.0770. The zero-order valence-electron chi connectivity index (χ0n) is 16.4. The molecule has 2 rings (SSSR count). The number of methoxy groups -OCH3 is 1. The van der Waals surface area contributed by atoms with Gasteiger partial charge in [0, 0.05) is 23.2 Å². The third-order valence-corrected chi connectivity index (χ3v) is 5.12. The van der Waals surface area contributed by atoms with Crippen LogP contribution in [0.4, 0.5) is 4.39 Å². The van der Waals surface area contributed by atoms with Gasteiger partial charge in [0.1, 0.15) is 12.4 Å². The average molecular weight is 475 g/mol. The molecule has 0 aliphatic rings. The zero-order chi connectivity index (χ0) is 20.5. The molecule has 1 N–H and O–H groups in total. The molecular weight excluding hydrogens is 449 g/mol. The Morgan fingerprint density at radius 2 is 2.00 bits per heavy atom. The van der Waals surface area contributed by atoms with Gasteiger partial charge in [0.25, 0.3) is 0 Å². The van der Waals surface area contributed by atoms with Crippen LogP contribution in [0.15, 0.2) is 34.8 Å². The first kappa shape index (κ1) is 22.9. The molecule has 7 heteroatoms. The first-order valence-corrected chi connectivity index (χ1v) is 10.3. The summed E-state index contributed by atoms with van der Waals surface area (Å²) in [5.74, 6) is 0.700. The van der Waals surface area contributed by atoms with Crippen LogP contribution in [0.1, 0.15) is 31.4 Å². The maximum absolute atomic E-state index is 13.9. The second kappa shape index (κ2) is 11.6. The highest BCUT2D eigenvalue weighted by atomic mass is 79.9. The van der Waals surface area contributed by atoms with Gasteiger partial charge in [-0.05, 0) is 56.6 Å². The SMILES string of the molecule is COc1cc(CNCCCOC(C)C)c(Br)cc1OCc1c(F)cccc1Cl. The number of hydrogen-bond acceptors (Lipinski definition) is 4. The Morgan fingerprint density at radius 3 is 2.68 bits per heavy atom. The Morgan fingerprint density at radius 1 is 1.21 bits per heavy atom. The largest absolute Gasteiger partial charge is 0.493 e. The van der Waals surface area contributed by atoms with E-state index in [0.717, 1.165) is 29.6 Å². The van der Waals surface area contributed by atoms with Crippen molar-refractivity contribution in [1.82, 2.24) is 5.32 Å². The smallest absolute Gasteiger partial charge is 0.162 e. The molecule has 0 unspecified atom stereocenters. The number of halogens is 3. The van der Waals surface area contributed by atoms with Gasteiger partial charge in [-0.3, -0.25) is 0 Å². The van der Waals surface area contributed by atoms with Gasteiger partial charge in [0.05, 0.1) is 18.2 Å². The fourth-order valence-electron chi connectivity index (χ4n) is 2.54. The van der Waals surface area contributed by atoms with Crippen LogP contribution in [0, 0.1) is 5.82 Å². The average Bonchev–Trinajstić information content (AvgIpc) is 2.65. The van der Waals surface area contributed by atoms with Crippen molar-refractivity contribution in [3.63, 3.8) is 0 Å². The highest BCUT2D eigenvalue weighted by Crippen LogP contribution is 2.34. The fourth-order valence-corrected chi connectivity index (χ4v) is 3.22. The molecule has 0 aliphatic heterocycles. The molecule has 2 aromatic rings. The van der Waals surface area contributed by atoms with Crippen LogP contribution in [-0.4, -0.2) is 26.4 Å². The number of benzene rings is 2. The second-order valence-electron chi connectivity index (χ2n) is 6.53. The van der Waals surface area contributed by atoms with E-state index in [1.165, 1.54) is 6.07 Å². The minimum atomic E-state index is -0.396. The van der Waals surface area contributed by atoms with Gasteiger partial charge in [-0.2, -0.15) is 0 Å². The maximum Gasteiger partial charge on any atom is 0.162 e. The molecular formula is C21H26BrClFNO3. The number of rotatable bonds is 11. The summed E-state index contributed by atoms with van der Waals surface area (Å²) in [6.07, 6.45) is 1.20. The lowest BCUT2D eigenvalue weighted by Crippen LogP contribution is -2.17. The molecule has 0 amide bonds. The van der Waals surface area contributed by atoms with E-state index in [1.54, 1.807) is 19.2 Å². The summed E-state index contributed by atoms with van der Waals surface area (Å²) in [6, 6.07) is 8.29. The van der Waals surface area contributed by atoms with Crippen molar-refractivity contribution >= 4 is 27.5 Å². The van der Waals surface area contributed by atoms with Gasteiger partial charge in [0.2, 0.25) is 0 Å². The first-order valence-electron chi connectivity index (χ1n) is 9.16. The first-order chi connectivity index (χ1) is 13.4. The van der Waals surface area contributed by atoms with Crippen molar-refractivity contribution in [2.24, 2.45) is 0 Å². The predicted molar refractivity (Wildman–Crippen MR) is 114 cm³/mol. The summed E-state index contributed by atoms with van der Waals surface area (Å²) in [7, 11) is 1.58. The molecule has 0 saturated heterocycles. The number of nitrogens with one attached hydrogen (secondary N) is 1. The minimum absolute atomic E-state index is 0.0156. The molecule has 0 aromatic heterocycles. The monoisotopic (exact) mass is 473 g/mol. The normalized spacial score (nSPS) is 11.1. The summed E-state index contributed by atoms with van der Waals surface area (Å²) in [6.45, 7) is 6.34. The van der Waals surface area contributed by atoms with Gasteiger partial charge in [0.15, 0.2) is 11.5 Å². The molecule has 0 saturated carbocycles. The van der Waals surface area contributed by atoms with E-state index < -0.39 is 5.82 Å². The van der Waals surface area contributed by atoms with Crippen molar-refractivity contribution in [2.45, 2.75) is 39.5 Å². The van der Waals surface area contributed by atoms with Crippen LogP contribution >= 0.6 is 27.5 Å². The lowest BCUT2D eigenvalue weighted by atomic mass is 10.2. The van der Waals surface area contributed by atoms with Crippen molar-refractivity contribution in [1.29, 1.82) is 0 Å². The van der Waals surface area contributed by atoms with Crippen molar-refractivity contribution < 1.29 is 18.6 Å². The maximum atomic E-state index is 13.9. The molecule has 0 atom stereocenters. The Bertz CT molecular complexity index is 753. The van der Waals surface area contributed by atoms with E-state index in [4.69, 9.17) is 25.8 Å². The van der Waals surface area contributed by atoms with E-state index in [1.807, 2.05) is 26.0 Å². The Kier molecular flexibility index (Phi) is 9.51. The van der Waals surface area contributed by atoms with E-state index in [-0.39, 0.29) is 12.7 Å². The van der Waals surface area contributed by atoms with E-state index in [2.05, 4.69) is 21.2 Å². The van der Waals surface area contributed by atoms with E-state index >= 15 is 0 Å². The highest BCUT2D eigenvalue weighted by Gasteiger charge is 2.13. The van der Waals surface area contributed by atoms with Gasteiger partial charge < -0.3 is 19.5 Å². The molecule has 2 aromatic carbocycles. The fraction of sp³-hybridized carbons (Fsp3) is 0.429. The Balaban J connectivity index is 1.97. The molecule has 0 radical (unpaired) electrons. The van der Waals surface area contributed by atoms with Crippen molar-refractivity contribution in [3.05, 3.63) is 56.8 Å². The third kappa shape index (κ3) is 6.92. The second-order valence-corrected chi connectivity index (χ2v) is 7.79. The molecule has 154 valence electrons. The van der Waals surface area contributed by atoms with Crippen LogP contribution in [-0.2, 0) is 17.9 Å². The molecule has 0 fully saturated rings. The molecule has 0 spiro atoms. The van der Waals surface area contributed by atoms with Crippen molar-refractivity contribution in [3.8, 4) is 11.5 Å². The van der Waals surface area contributed by atoms with Gasteiger partial charge in [-0.1, -0.05) is 33.6 Å². The van der Waals surface area contributed by atoms with Crippen LogP contribution in [0.3, 0.4) is 0 Å². The van der Waals surface area contributed by atoms with Crippen LogP contribution in [0.5, 0.6) is 11.5 Å². The molecule has 4 nitrogen and oxygen atoms in total. The third-order valence-electron chi connectivity index (χ3n) is 4.03. The quantitative estimate of drug-likeness (QED) is 0.422. The predicted octanol–water partition coefficient (Wildman–Crippen LogP) is 5.73. The molecule has 0 aliphatic carbocycles. The van der Waals surface area contributed by atoms with Crippen LogP contribution in [0.25, 0.3) is 0 Å². The van der Waals surface area contributed by atoms with Gasteiger partial charge in [-0.25, -0.2) is 4.39 Å². The minimum Gasteiger partial charge on any atom is -0.493 e. The van der Waals surface area contributed by atoms with Crippen molar-refractivity contribution in [2.75, 3.05) is 20.3 Å². The summed E-state index contributed by atoms with van der Waals surface area (Å²) in [4.78, 5) is 0.